The summed E-state index contributed by atoms with van der Waals surface area (Å²) in [5, 5.41) is 10.7. The van der Waals surface area contributed by atoms with Gasteiger partial charge in [-0.15, -0.1) is 0 Å². The molecule has 1 saturated heterocycles. The van der Waals surface area contributed by atoms with Gasteiger partial charge < -0.3 is 19.6 Å². The van der Waals surface area contributed by atoms with E-state index in [-0.39, 0.29) is 11.5 Å². The van der Waals surface area contributed by atoms with Crippen molar-refractivity contribution in [1.29, 1.82) is 0 Å². The molecule has 0 saturated carbocycles. The number of ether oxygens (including phenoxy) is 2. The van der Waals surface area contributed by atoms with Crippen molar-refractivity contribution >= 4 is 16.5 Å². The Kier molecular flexibility index (Phi) is 2.62. The maximum absolute atomic E-state index is 9.52. The number of allylic oxidation sites excluding steroid dienone is 1. The molecule has 0 unspecified atom stereocenters. The van der Waals surface area contributed by atoms with Gasteiger partial charge in [0.2, 0.25) is 0 Å². The highest BCUT2D eigenvalue weighted by Gasteiger charge is 2.37. The Hall–Kier alpha value is -1.78. The molecule has 20 heavy (non-hydrogen) atoms. The number of aromatic nitrogens is 1. The number of H-pyrrole nitrogens is 1. The first-order valence-electron chi connectivity index (χ1n) is 7.03. The number of nitrogens with one attached hydrogen (secondary N) is 1. The van der Waals surface area contributed by atoms with Crippen LogP contribution in [0.2, 0.25) is 0 Å². The van der Waals surface area contributed by atoms with E-state index in [0.717, 1.165) is 30.2 Å². The van der Waals surface area contributed by atoms with Gasteiger partial charge in [0.15, 0.2) is 5.79 Å². The molecule has 2 aliphatic rings. The van der Waals surface area contributed by atoms with E-state index >= 15 is 0 Å². The van der Waals surface area contributed by atoms with Gasteiger partial charge in [0.05, 0.1) is 13.2 Å². The third kappa shape index (κ3) is 1.84. The number of hydrogen-bond acceptors (Lipinski definition) is 3. The van der Waals surface area contributed by atoms with Crippen LogP contribution in [0.25, 0.3) is 16.5 Å². The summed E-state index contributed by atoms with van der Waals surface area (Å²) in [6, 6.07) is 5.45. The molecule has 0 radical (unpaired) electrons. The van der Waals surface area contributed by atoms with E-state index in [1.807, 2.05) is 12.3 Å². The van der Waals surface area contributed by atoms with E-state index in [9.17, 15) is 5.11 Å². The molecule has 2 heterocycles. The molecule has 1 fully saturated rings. The highest BCUT2D eigenvalue weighted by atomic mass is 16.7. The fraction of sp³-hybridized carbons (Fsp3) is 0.375. The molecule has 4 rings (SSSR count). The summed E-state index contributed by atoms with van der Waals surface area (Å²) in [6.45, 7) is 1.41. The van der Waals surface area contributed by atoms with Gasteiger partial charge in [-0.1, -0.05) is 6.08 Å². The van der Waals surface area contributed by atoms with E-state index in [1.165, 1.54) is 11.1 Å². The van der Waals surface area contributed by atoms with Gasteiger partial charge in [0, 0.05) is 41.6 Å². The van der Waals surface area contributed by atoms with Crippen LogP contribution in [0.5, 0.6) is 5.75 Å². The van der Waals surface area contributed by atoms with Crippen molar-refractivity contribution in [2.24, 2.45) is 0 Å². The summed E-state index contributed by atoms with van der Waals surface area (Å²) >= 11 is 0. The lowest BCUT2D eigenvalue weighted by Crippen LogP contribution is -2.31. The minimum absolute atomic E-state index is 0.287. The zero-order valence-electron chi connectivity index (χ0n) is 11.2. The molecule has 0 bridgehead atoms. The number of hydrogen-bond donors (Lipinski definition) is 2. The summed E-state index contributed by atoms with van der Waals surface area (Å²) < 4.78 is 11.5. The van der Waals surface area contributed by atoms with Gasteiger partial charge in [-0.05, 0) is 24.1 Å². The molecule has 4 heteroatoms. The van der Waals surface area contributed by atoms with Crippen LogP contribution < -0.4 is 0 Å². The third-order valence-corrected chi connectivity index (χ3v) is 4.26. The van der Waals surface area contributed by atoms with Crippen molar-refractivity contribution in [2.45, 2.75) is 25.0 Å². The van der Waals surface area contributed by atoms with Crippen LogP contribution in [0.15, 0.2) is 30.5 Å². The van der Waals surface area contributed by atoms with Gasteiger partial charge >= 0.3 is 0 Å². The van der Waals surface area contributed by atoms with E-state index in [2.05, 4.69) is 11.1 Å². The molecular formula is C16H17NO3. The topological polar surface area (TPSA) is 54.5 Å². The second-order valence-electron chi connectivity index (χ2n) is 5.47. The minimum Gasteiger partial charge on any atom is -0.508 e. The summed E-state index contributed by atoms with van der Waals surface area (Å²) in [4.78, 5) is 3.22. The Morgan fingerprint density at radius 2 is 2.05 bits per heavy atom. The first kappa shape index (κ1) is 12.0. The molecule has 1 aliphatic carbocycles. The summed E-state index contributed by atoms with van der Waals surface area (Å²) in [5.41, 5.74) is 3.51. The van der Waals surface area contributed by atoms with Gasteiger partial charge in [0.25, 0.3) is 0 Å². The molecule has 0 amide bonds. The van der Waals surface area contributed by atoms with Crippen molar-refractivity contribution in [1.82, 2.24) is 4.98 Å². The molecule has 0 atom stereocenters. The monoisotopic (exact) mass is 271 g/mol. The lowest BCUT2D eigenvalue weighted by Gasteiger charge is -2.30. The standard InChI is InChI=1S/C16H17NO3/c18-12-1-2-13-14(10-17-15(13)9-12)11-3-5-16(6-4-11)19-7-8-20-16/h1-3,9-10,17-18H,4-8H2. The van der Waals surface area contributed by atoms with Crippen molar-refractivity contribution in [3.63, 3.8) is 0 Å². The maximum Gasteiger partial charge on any atom is 0.172 e. The van der Waals surface area contributed by atoms with Gasteiger partial charge in [-0.2, -0.15) is 0 Å². The van der Waals surface area contributed by atoms with Crippen LogP contribution in [0, 0.1) is 0 Å². The lowest BCUT2D eigenvalue weighted by atomic mass is 9.89. The smallest absolute Gasteiger partial charge is 0.172 e. The molecular weight excluding hydrogens is 254 g/mol. The molecule has 1 spiro atoms. The van der Waals surface area contributed by atoms with Crippen LogP contribution in [0.4, 0.5) is 0 Å². The fourth-order valence-electron chi connectivity index (χ4n) is 3.19. The maximum atomic E-state index is 9.52. The van der Waals surface area contributed by atoms with Crippen molar-refractivity contribution in [3.8, 4) is 5.75 Å². The molecule has 4 nitrogen and oxygen atoms in total. The first-order chi connectivity index (χ1) is 9.76. The average Bonchev–Trinajstić information content (AvgIpc) is 3.07. The van der Waals surface area contributed by atoms with Gasteiger partial charge in [-0.3, -0.25) is 0 Å². The number of aromatic hydroxyl groups is 1. The Morgan fingerprint density at radius 3 is 2.80 bits per heavy atom. The Morgan fingerprint density at radius 1 is 1.20 bits per heavy atom. The van der Waals surface area contributed by atoms with Crippen LogP contribution in [-0.4, -0.2) is 29.1 Å². The number of aromatic amines is 1. The predicted molar refractivity (Wildman–Crippen MR) is 76.4 cm³/mol. The quantitative estimate of drug-likeness (QED) is 0.837. The second kappa shape index (κ2) is 4.36. The molecule has 2 aromatic rings. The number of phenolic OH excluding ortho intramolecular Hbond substituents is 1. The predicted octanol–water partition coefficient (Wildman–Crippen LogP) is 3.18. The number of fused-ring (bicyclic) bond motifs is 1. The highest BCUT2D eigenvalue weighted by Crippen LogP contribution is 2.40. The summed E-state index contributed by atoms with van der Waals surface area (Å²) in [5.74, 6) is -0.0799. The SMILES string of the molecule is Oc1ccc2c(C3=CCC4(CC3)OCCO4)c[nH]c2c1. The molecule has 1 aliphatic heterocycles. The Balaban J connectivity index is 1.68. The van der Waals surface area contributed by atoms with Crippen molar-refractivity contribution in [2.75, 3.05) is 13.2 Å². The molecule has 1 aromatic heterocycles. The summed E-state index contributed by atoms with van der Waals surface area (Å²) in [6.07, 6.45) is 6.92. The van der Waals surface area contributed by atoms with E-state index < -0.39 is 0 Å². The largest absolute Gasteiger partial charge is 0.508 e. The lowest BCUT2D eigenvalue weighted by molar-refractivity contribution is -0.159. The number of benzene rings is 1. The minimum atomic E-state index is -0.367. The fourth-order valence-corrected chi connectivity index (χ4v) is 3.19. The van der Waals surface area contributed by atoms with Crippen LogP contribution in [0.3, 0.4) is 0 Å². The Labute approximate surface area is 117 Å². The van der Waals surface area contributed by atoms with Crippen molar-refractivity contribution in [3.05, 3.63) is 36.0 Å². The molecule has 104 valence electrons. The van der Waals surface area contributed by atoms with E-state index in [1.54, 1.807) is 12.1 Å². The number of phenols is 1. The van der Waals surface area contributed by atoms with Gasteiger partial charge in [-0.25, -0.2) is 0 Å². The third-order valence-electron chi connectivity index (χ3n) is 4.26. The molecule has 2 N–H and O–H groups in total. The summed E-state index contributed by atoms with van der Waals surface area (Å²) in [7, 11) is 0. The van der Waals surface area contributed by atoms with Crippen molar-refractivity contribution < 1.29 is 14.6 Å². The van der Waals surface area contributed by atoms with Crippen LogP contribution >= 0.6 is 0 Å². The first-order valence-corrected chi connectivity index (χ1v) is 7.03. The zero-order chi connectivity index (χ0) is 13.6. The normalized spacial score (nSPS) is 21.5. The zero-order valence-corrected chi connectivity index (χ0v) is 11.2. The van der Waals surface area contributed by atoms with Crippen LogP contribution in [-0.2, 0) is 9.47 Å². The Bertz CT molecular complexity index is 680. The number of rotatable bonds is 1. The molecule has 1 aromatic carbocycles. The average molecular weight is 271 g/mol. The van der Waals surface area contributed by atoms with E-state index in [4.69, 9.17) is 9.47 Å². The second-order valence-corrected chi connectivity index (χ2v) is 5.47. The van der Waals surface area contributed by atoms with Gasteiger partial charge in [0.1, 0.15) is 5.75 Å². The highest BCUT2D eigenvalue weighted by molar-refractivity contribution is 5.93. The van der Waals surface area contributed by atoms with E-state index in [0.29, 0.717) is 13.2 Å². The van der Waals surface area contributed by atoms with Crippen LogP contribution in [0.1, 0.15) is 24.8 Å².